The van der Waals surface area contributed by atoms with Crippen LogP contribution in [0, 0.1) is 11.8 Å². The largest absolute Gasteiger partial charge is 0.480 e. The number of hydrogen-bond donors (Lipinski definition) is 3. The van der Waals surface area contributed by atoms with E-state index in [1.165, 1.54) is 12.8 Å². The predicted octanol–water partition coefficient (Wildman–Crippen LogP) is 0.685. The Balaban J connectivity index is 2.29. The highest BCUT2D eigenvalue weighted by Crippen LogP contribution is 2.10. The van der Waals surface area contributed by atoms with Gasteiger partial charge in [-0.15, -0.1) is 0 Å². The molecule has 4 nitrogen and oxygen atoms in total. The number of aliphatic carboxylic acids is 1. The van der Waals surface area contributed by atoms with Gasteiger partial charge in [0.15, 0.2) is 0 Å². The van der Waals surface area contributed by atoms with E-state index in [4.69, 9.17) is 5.11 Å². The molecule has 88 valence electrons. The SMILES string of the molecule is CC(C)C(NCC1CCCNC1)C(=O)O. The third kappa shape index (κ3) is 4.18. The minimum absolute atomic E-state index is 0.138. The van der Waals surface area contributed by atoms with Crippen LogP contribution in [0.3, 0.4) is 0 Å². The molecule has 1 rings (SSSR count). The summed E-state index contributed by atoms with van der Waals surface area (Å²) in [7, 11) is 0. The van der Waals surface area contributed by atoms with Crippen LogP contribution < -0.4 is 10.6 Å². The van der Waals surface area contributed by atoms with E-state index in [1.807, 2.05) is 13.8 Å². The van der Waals surface area contributed by atoms with E-state index >= 15 is 0 Å². The summed E-state index contributed by atoms with van der Waals surface area (Å²) in [5.74, 6) is -0.0211. The molecule has 15 heavy (non-hydrogen) atoms. The van der Waals surface area contributed by atoms with E-state index in [0.717, 1.165) is 19.6 Å². The van der Waals surface area contributed by atoms with E-state index in [0.29, 0.717) is 5.92 Å². The zero-order valence-corrected chi connectivity index (χ0v) is 9.62. The molecular formula is C11H22N2O2. The molecule has 0 bridgehead atoms. The van der Waals surface area contributed by atoms with Crippen molar-refractivity contribution in [2.45, 2.75) is 32.7 Å². The van der Waals surface area contributed by atoms with Gasteiger partial charge in [0.1, 0.15) is 6.04 Å². The summed E-state index contributed by atoms with van der Waals surface area (Å²) in [6, 6.07) is -0.410. The Morgan fingerprint density at radius 2 is 2.33 bits per heavy atom. The number of carbonyl (C=O) groups is 1. The van der Waals surface area contributed by atoms with Crippen molar-refractivity contribution in [3.63, 3.8) is 0 Å². The Kier molecular flexibility index (Phi) is 5.05. The Morgan fingerprint density at radius 1 is 1.60 bits per heavy atom. The molecule has 1 fully saturated rings. The number of nitrogens with one attached hydrogen (secondary N) is 2. The fraction of sp³-hybridized carbons (Fsp3) is 0.909. The zero-order valence-electron chi connectivity index (χ0n) is 9.62. The van der Waals surface area contributed by atoms with Crippen LogP contribution >= 0.6 is 0 Å². The molecule has 1 heterocycles. The van der Waals surface area contributed by atoms with Crippen LogP contribution in [-0.2, 0) is 4.79 Å². The topological polar surface area (TPSA) is 61.4 Å². The fourth-order valence-electron chi connectivity index (χ4n) is 2.00. The maximum absolute atomic E-state index is 10.9. The molecule has 2 atom stereocenters. The summed E-state index contributed by atoms with van der Waals surface area (Å²) in [5.41, 5.74) is 0. The number of carboxylic acid groups (broad SMARTS) is 1. The monoisotopic (exact) mass is 214 g/mol. The van der Waals surface area contributed by atoms with Gasteiger partial charge >= 0.3 is 5.97 Å². The van der Waals surface area contributed by atoms with Crippen molar-refractivity contribution in [3.8, 4) is 0 Å². The fourth-order valence-corrected chi connectivity index (χ4v) is 2.00. The third-order valence-corrected chi connectivity index (χ3v) is 2.96. The van der Waals surface area contributed by atoms with Crippen molar-refractivity contribution in [1.82, 2.24) is 10.6 Å². The van der Waals surface area contributed by atoms with Gasteiger partial charge in [0.05, 0.1) is 0 Å². The second-order valence-corrected chi connectivity index (χ2v) is 4.68. The number of rotatable bonds is 5. The van der Waals surface area contributed by atoms with Crippen LogP contribution in [0.15, 0.2) is 0 Å². The van der Waals surface area contributed by atoms with Crippen LogP contribution in [0.4, 0.5) is 0 Å². The highest BCUT2D eigenvalue weighted by Gasteiger charge is 2.22. The third-order valence-electron chi connectivity index (χ3n) is 2.96. The van der Waals surface area contributed by atoms with E-state index in [2.05, 4.69) is 10.6 Å². The number of hydrogen-bond acceptors (Lipinski definition) is 3. The van der Waals surface area contributed by atoms with E-state index < -0.39 is 12.0 Å². The van der Waals surface area contributed by atoms with Crippen molar-refractivity contribution in [1.29, 1.82) is 0 Å². The Morgan fingerprint density at radius 3 is 2.80 bits per heavy atom. The van der Waals surface area contributed by atoms with Crippen molar-refractivity contribution >= 4 is 5.97 Å². The van der Waals surface area contributed by atoms with Crippen molar-refractivity contribution in [3.05, 3.63) is 0 Å². The summed E-state index contributed by atoms with van der Waals surface area (Å²) in [4.78, 5) is 10.9. The zero-order chi connectivity index (χ0) is 11.3. The van der Waals surface area contributed by atoms with E-state index in [9.17, 15) is 4.79 Å². The van der Waals surface area contributed by atoms with Crippen LogP contribution in [0.25, 0.3) is 0 Å². The highest BCUT2D eigenvalue weighted by molar-refractivity contribution is 5.73. The van der Waals surface area contributed by atoms with Crippen LogP contribution in [0.2, 0.25) is 0 Å². The first-order valence-corrected chi connectivity index (χ1v) is 5.78. The summed E-state index contributed by atoms with van der Waals surface area (Å²) >= 11 is 0. The van der Waals surface area contributed by atoms with Gasteiger partial charge in [-0.1, -0.05) is 13.8 Å². The molecule has 1 saturated heterocycles. The minimum Gasteiger partial charge on any atom is -0.480 e. The second-order valence-electron chi connectivity index (χ2n) is 4.68. The summed E-state index contributed by atoms with van der Waals surface area (Å²) in [5, 5.41) is 15.5. The molecule has 0 aliphatic carbocycles. The highest BCUT2D eigenvalue weighted by atomic mass is 16.4. The lowest BCUT2D eigenvalue weighted by molar-refractivity contribution is -0.140. The van der Waals surface area contributed by atoms with Gasteiger partial charge in [-0.3, -0.25) is 4.79 Å². The quantitative estimate of drug-likeness (QED) is 0.630. The average molecular weight is 214 g/mol. The minimum atomic E-state index is -0.742. The lowest BCUT2D eigenvalue weighted by Crippen LogP contribution is -2.45. The number of carboxylic acids is 1. The molecular weight excluding hydrogens is 192 g/mol. The molecule has 2 unspecified atom stereocenters. The molecule has 0 amide bonds. The van der Waals surface area contributed by atoms with Crippen LogP contribution in [0.5, 0.6) is 0 Å². The average Bonchev–Trinajstić information content (AvgIpc) is 2.18. The molecule has 1 aliphatic rings. The van der Waals surface area contributed by atoms with E-state index in [-0.39, 0.29) is 5.92 Å². The van der Waals surface area contributed by atoms with Gasteiger partial charge in [0.2, 0.25) is 0 Å². The van der Waals surface area contributed by atoms with Crippen molar-refractivity contribution in [2.75, 3.05) is 19.6 Å². The van der Waals surface area contributed by atoms with Gasteiger partial charge in [-0.2, -0.15) is 0 Å². The van der Waals surface area contributed by atoms with Gasteiger partial charge in [0.25, 0.3) is 0 Å². The molecule has 0 aromatic rings. The second kappa shape index (κ2) is 6.08. The Bertz CT molecular complexity index is 201. The Labute approximate surface area is 91.4 Å². The molecule has 0 aromatic heterocycles. The van der Waals surface area contributed by atoms with E-state index in [1.54, 1.807) is 0 Å². The maximum Gasteiger partial charge on any atom is 0.320 e. The lowest BCUT2D eigenvalue weighted by atomic mass is 9.98. The van der Waals surface area contributed by atoms with Gasteiger partial charge in [0, 0.05) is 0 Å². The molecule has 0 spiro atoms. The van der Waals surface area contributed by atoms with Crippen LogP contribution in [-0.4, -0.2) is 36.8 Å². The molecule has 0 radical (unpaired) electrons. The molecule has 0 saturated carbocycles. The predicted molar refractivity (Wildman–Crippen MR) is 59.9 cm³/mol. The molecule has 0 aromatic carbocycles. The van der Waals surface area contributed by atoms with Crippen molar-refractivity contribution < 1.29 is 9.90 Å². The van der Waals surface area contributed by atoms with Gasteiger partial charge in [-0.25, -0.2) is 0 Å². The first-order chi connectivity index (χ1) is 7.11. The molecule has 3 N–H and O–H groups in total. The summed E-state index contributed by atoms with van der Waals surface area (Å²) in [6.45, 7) is 6.79. The lowest BCUT2D eigenvalue weighted by Gasteiger charge is -2.26. The number of piperidine rings is 1. The smallest absolute Gasteiger partial charge is 0.320 e. The molecule has 4 heteroatoms. The van der Waals surface area contributed by atoms with Gasteiger partial charge < -0.3 is 15.7 Å². The van der Waals surface area contributed by atoms with Crippen molar-refractivity contribution in [2.24, 2.45) is 11.8 Å². The first kappa shape index (κ1) is 12.5. The summed E-state index contributed by atoms with van der Waals surface area (Å²) in [6.07, 6.45) is 2.40. The standard InChI is InChI=1S/C11H22N2O2/c1-8(2)10(11(14)15)13-7-9-4-3-5-12-6-9/h8-10,12-13H,3-7H2,1-2H3,(H,14,15). The Hall–Kier alpha value is -0.610. The van der Waals surface area contributed by atoms with Crippen LogP contribution in [0.1, 0.15) is 26.7 Å². The first-order valence-electron chi connectivity index (χ1n) is 5.78. The normalized spacial score (nSPS) is 24.1. The summed E-state index contributed by atoms with van der Waals surface area (Å²) < 4.78 is 0. The van der Waals surface area contributed by atoms with Gasteiger partial charge in [-0.05, 0) is 44.3 Å². The molecule has 1 aliphatic heterocycles. The maximum atomic E-state index is 10.9.